The number of ether oxygens (including phenoxy) is 1. The Labute approximate surface area is 194 Å². The van der Waals surface area contributed by atoms with E-state index in [1.54, 1.807) is 0 Å². The number of anilines is 1. The number of nitrogens with one attached hydrogen (secondary N) is 3. The summed E-state index contributed by atoms with van der Waals surface area (Å²) < 4.78 is 8.43. The molecule has 0 bridgehead atoms. The summed E-state index contributed by atoms with van der Waals surface area (Å²) in [5.74, 6) is 0. The SMILES string of the molecule is CC(C)(C)OC(=O)NCC(c1c[nH]c2ccccc12)n1cc(NC=O)c2ccc(Br)cc21. The molecule has 2 aromatic carbocycles. The van der Waals surface area contributed by atoms with E-state index < -0.39 is 11.7 Å². The number of hydrogen-bond acceptors (Lipinski definition) is 3. The number of aromatic amines is 1. The molecule has 7 nitrogen and oxygen atoms in total. The number of hydrogen-bond donors (Lipinski definition) is 3. The highest BCUT2D eigenvalue weighted by Gasteiger charge is 2.23. The molecule has 1 unspecified atom stereocenters. The van der Waals surface area contributed by atoms with Crippen molar-refractivity contribution in [3.05, 3.63) is 64.9 Å². The van der Waals surface area contributed by atoms with E-state index in [4.69, 9.17) is 4.74 Å². The summed E-state index contributed by atoms with van der Waals surface area (Å²) in [5, 5.41) is 7.67. The molecule has 0 aliphatic heterocycles. The zero-order valence-electron chi connectivity index (χ0n) is 18.1. The number of benzene rings is 2. The predicted octanol–water partition coefficient (Wildman–Crippen LogP) is 5.57. The van der Waals surface area contributed by atoms with Gasteiger partial charge in [-0.1, -0.05) is 34.1 Å². The summed E-state index contributed by atoms with van der Waals surface area (Å²) in [6.45, 7) is 5.79. The highest BCUT2D eigenvalue weighted by Crippen LogP contribution is 2.35. The number of rotatable bonds is 6. The van der Waals surface area contributed by atoms with Crippen molar-refractivity contribution in [2.45, 2.75) is 32.4 Å². The van der Waals surface area contributed by atoms with Crippen LogP contribution in [0.4, 0.5) is 10.5 Å². The van der Waals surface area contributed by atoms with Gasteiger partial charge in [-0.15, -0.1) is 0 Å². The minimum absolute atomic E-state index is 0.252. The lowest BCUT2D eigenvalue weighted by atomic mass is 10.1. The van der Waals surface area contributed by atoms with Gasteiger partial charge in [-0.3, -0.25) is 4.79 Å². The van der Waals surface area contributed by atoms with Gasteiger partial charge in [0.2, 0.25) is 6.41 Å². The molecule has 4 rings (SSSR count). The highest BCUT2D eigenvalue weighted by atomic mass is 79.9. The van der Waals surface area contributed by atoms with E-state index in [1.807, 2.05) is 75.6 Å². The van der Waals surface area contributed by atoms with Gasteiger partial charge in [0, 0.05) is 45.3 Å². The van der Waals surface area contributed by atoms with E-state index in [9.17, 15) is 9.59 Å². The lowest BCUT2D eigenvalue weighted by molar-refractivity contribution is -0.105. The normalized spacial score (nSPS) is 12.6. The van der Waals surface area contributed by atoms with Crippen LogP contribution in [0.5, 0.6) is 0 Å². The highest BCUT2D eigenvalue weighted by molar-refractivity contribution is 9.10. The Hall–Kier alpha value is -3.26. The smallest absolute Gasteiger partial charge is 0.407 e. The maximum Gasteiger partial charge on any atom is 0.407 e. The van der Waals surface area contributed by atoms with Crippen LogP contribution >= 0.6 is 15.9 Å². The van der Waals surface area contributed by atoms with E-state index >= 15 is 0 Å². The van der Waals surface area contributed by atoms with Gasteiger partial charge in [0.05, 0.1) is 17.2 Å². The van der Waals surface area contributed by atoms with E-state index in [0.717, 1.165) is 31.8 Å². The molecule has 2 amide bonds. The molecule has 0 spiro atoms. The first kappa shape index (κ1) is 22.0. The van der Waals surface area contributed by atoms with Crippen LogP contribution in [0.2, 0.25) is 0 Å². The summed E-state index contributed by atoms with van der Waals surface area (Å²) in [5.41, 5.74) is 3.06. The number of aromatic nitrogens is 2. The molecule has 0 saturated heterocycles. The number of nitrogens with zero attached hydrogens (tertiary/aromatic N) is 1. The molecule has 2 heterocycles. The maximum atomic E-state index is 12.4. The zero-order valence-corrected chi connectivity index (χ0v) is 19.7. The van der Waals surface area contributed by atoms with Crippen molar-refractivity contribution in [1.29, 1.82) is 0 Å². The van der Waals surface area contributed by atoms with Gasteiger partial charge >= 0.3 is 6.09 Å². The second kappa shape index (κ2) is 8.70. The molecular formula is C24H25BrN4O3. The van der Waals surface area contributed by atoms with Gasteiger partial charge in [0.15, 0.2) is 0 Å². The quantitative estimate of drug-likeness (QED) is 0.305. The molecule has 166 valence electrons. The summed E-state index contributed by atoms with van der Waals surface area (Å²) in [4.78, 5) is 27.0. The number of carbonyl (C=O) groups is 2. The number of fused-ring (bicyclic) bond motifs is 2. The first-order valence-electron chi connectivity index (χ1n) is 10.3. The molecule has 3 N–H and O–H groups in total. The Morgan fingerprint density at radius 2 is 2.00 bits per heavy atom. The van der Waals surface area contributed by atoms with Gasteiger partial charge in [0.1, 0.15) is 5.60 Å². The number of amides is 2. The molecule has 0 aliphatic carbocycles. The Morgan fingerprint density at radius 1 is 1.22 bits per heavy atom. The van der Waals surface area contributed by atoms with Crippen LogP contribution in [-0.4, -0.2) is 34.2 Å². The third-order valence-corrected chi connectivity index (χ3v) is 5.66. The van der Waals surface area contributed by atoms with Crippen LogP contribution in [0.1, 0.15) is 32.4 Å². The largest absolute Gasteiger partial charge is 0.444 e. The van der Waals surface area contributed by atoms with Gasteiger partial charge in [0.25, 0.3) is 0 Å². The van der Waals surface area contributed by atoms with Crippen LogP contribution in [0.15, 0.2) is 59.3 Å². The maximum absolute atomic E-state index is 12.4. The molecule has 0 aliphatic rings. The molecule has 2 aromatic heterocycles. The molecule has 0 saturated carbocycles. The minimum atomic E-state index is -0.591. The van der Waals surface area contributed by atoms with Crippen molar-refractivity contribution in [1.82, 2.24) is 14.9 Å². The van der Waals surface area contributed by atoms with Gasteiger partial charge in [-0.2, -0.15) is 0 Å². The van der Waals surface area contributed by atoms with E-state index in [2.05, 4.69) is 36.1 Å². The van der Waals surface area contributed by atoms with Gasteiger partial charge in [-0.05, 0) is 45.0 Å². The fourth-order valence-electron chi connectivity index (χ4n) is 3.88. The van der Waals surface area contributed by atoms with Crippen LogP contribution in [0.25, 0.3) is 21.8 Å². The number of halogens is 1. The van der Waals surface area contributed by atoms with Crippen molar-refractivity contribution in [3.8, 4) is 0 Å². The molecule has 0 fully saturated rings. The summed E-state index contributed by atoms with van der Waals surface area (Å²) in [7, 11) is 0. The topological polar surface area (TPSA) is 88.2 Å². The van der Waals surface area contributed by atoms with Crippen LogP contribution in [0, 0.1) is 0 Å². The minimum Gasteiger partial charge on any atom is -0.444 e. The van der Waals surface area contributed by atoms with Crippen molar-refractivity contribution < 1.29 is 14.3 Å². The average Bonchev–Trinajstić information content (AvgIpc) is 3.30. The fourth-order valence-corrected chi connectivity index (χ4v) is 4.23. The van der Waals surface area contributed by atoms with Crippen molar-refractivity contribution in [2.75, 3.05) is 11.9 Å². The Balaban J connectivity index is 1.82. The molecule has 0 radical (unpaired) electrons. The standard InChI is InChI=1S/C24H25BrN4O3/c1-24(2,3)32-23(31)27-12-22(18-11-26-19-7-5-4-6-16(18)19)29-13-20(28-14-30)17-9-8-15(25)10-21(17)29/h4-11,13-14,22,26H,12H2,1-3H3,(H,27,31)(H,28,30). The number of para-hydroxylation sites is 1. The molecule has 1 atom stereocenters. The van der Waals surface area contributed by atoms with Gasteiger partial charge < -0.3 is 24.9 Å². The third kappa shape index (κ3) is 4.50. The predicted molar refractivity (Wildman–Crippen MR) is 130 cm³/mol. The first-order chi connectivity index (χ1) is 15.3. The first-order valence-corrected chi connectivity index (χ1v) is 11.1. The van der Waals surface area contributed by atoms with E-state index in [0.29, 0.717) is 18.6 Å². The van der Waals surface area contributed by atoms with Crippen molar-refractivity contribution in [3.63, 3.8) is 0 Å². The summed E-state index contributed by atoms with van der Waals surface area (Å²) in [6, 6.07) is 13.7. The number of alkyl carbamates (subject to hydrolysis) is 1. The molecular weight excluding hydrogens is 472 g/mol. The number of H-pyrrole nitrogens is 1. The van der Waals surface area contributed by atoms with Crippen molar-refractivity contribution in [2.24, 2.45) is 0 Å². The van der Waals surface area contributed by atoms with Crippen LogP contribution < -0.4 is 10.6 Å². The summed E-state index contributed by atoms with van der Waals surface area (Å²) in [6.07, 6.45) is 4.05. The van der Waals surface area contributed by atoms with E-state index in [1.165, 1.54) is 0 Å². The lowest BCUT2D eigenvalue weighted by Crippen LogP contribution is -2.36. The average molecular weight is 497 g/mol. The second-order valence-corrected chi connectivity index (χ2v) is 9.48. The Morgan fingerprint density at radius 3 is 2.75 bits per heavy atom. The van der Waals surface area contributed by atoms with Crippen molar-refractivity contribution >= 4 is 55.9 Å². The van der Waals surface area contributed by atoms with Gasteiger partial charge in [-0.25, -0.2) is 4.79 Å². The number of carbonyl (C=O) groups excluding carboxylic acids is 2. The second-order valence-electron chi connectivity index (χ2n) is 8.56. The molecule has 32 heavy (non-hydrogen) atoms. The van der Waals surface area contributed by atoms with Crippen LogP contribution in [0.3, 0.4) is 0 Å². The lowest BCUT2D eigenvalue weighted by Gasteiger charge is -2.23. The molecule has 8 heteroatoms. The Bertz CT molecular complexity index is 1290. The monoisotopic (exact) mass is 496 g/mol. The van der Waals surface area contributed by atoms with Crippen LogP contribution in [-0.2, 0) is 9.53 Å². The molecule has 4 aromatic rings. The zero-order chi connectivity index (χ0) is 22.9. The third-order valence-electron chi connectivity index (χ3n) is 5.17. The fraction of sp³-hybridized carbons (Fsp3) is 0.250. The summed E-state index contributed by atoms with van der Waals surface area (Å²) >= 11 is 3.55. The Kier molecular flexibility index (Phi) is 5.97. The van der Waals surface area contributed by atoms with E-state index in [-0.39, 0.29) is 6.04 Å².